The van der Waals surface area contributed by atoms with Crippen molar-refractivity contribution in [2.24, 2.45) is 40.4 Å². The van der Waals surface area contributed by atoms with Crippen LogP contribution in [0.4, 0.5) is 0 Å². The number of allylic oxidation sites excluding steroid dienone is 1. The molecule has 3 fully saturated rings. The molecule has 0 bridgehead atoms. The molecule has 0 N–H and O–H groups in total. The lowest BCUT2D eigenvalue weighted by Gasteiger charge is -2.60. The minimum atomic E-state index is -1.00. The zero-order chi connectivity index (χ0) is 21.4. The number of carbonyl (C=O) groups is 3. The van der Waals surface area contributed by atoms with Crippen LogP contribution in [0.2, 0.25) is 0 Å². The lowest BCUT2D eigenvalue weighted by atomic mass is 9.44. The molecule has 4 rings (SSSR count). The van der Waals surface area contributed by atoms with E-state index in [0.717, 1.165) is 32.1 Å². The number of rotatable bonds is 2. The van der Waals surface area contributed by atoms with Crippen LogP contribution in [0.1, 0.15) is 80.1 Å². The van der Waals surface area contributed by atoms with Crippen molar-refractivity contribution in [3.63, 3.8) is 0 Å². The number of fused-ring (bicyclic) bond motifs is 5. The molecule has 0 spiro atoms. The maximum atomic E-state index is 13.0. The zero-order valence-corrected chi connectivity index (χ0v) is 18.8. The van der Waals surface area contributed by atoms with Gasteiger partial charge in [-0.25, -0.2) is 0 Å². The van der Waals surface area contributed by atoms with E-state index in [1.54, 1.807) is 6.92 Å². The van der Waals surface area contributed by atoms with E-state index in [1.165, 1.54) is 12.5 Å². The third-order valence-electron chi connectivity index (χ3n) is 9.65. The summed E-state index contributed by atoms with van der Waals surface area (Å²) in [5.41, 5.74) is 0.135. The van der Waals surface area contributed by atoms with Gasteiger partial charge >= 0.3 is 5.97 Å². The van der Waals surface area contributed by atoms with Gasteiger partial charge in [-0.05, 0) is 74.2 Å². The molecule has 4 heteroatoms. The third kappa shape index (κ3) is 2.59. The molecular weight excluding hydrogens is 364 g/mol. The normalized spacial score (nSPS) is 48.8. The summed E-state index contributed by atoms with van der Waals surface area (Å²) >= 11 is 0. The molecule has 160 valence electrons. The highest BCUT2D eigenvalue weighted by atomic mass is 16.6. The minimum absolute atomic E-state index is 0.00238. The van der Waals surface area contributed by atoms with Crippen LogP contribution >= 0.6 is 0 Å². The highest BCUT2D eigenvalue weighted by Crippen LogP contribution is 2.70. The molecule has 0 aromatic rings. The Morgan fingerprint density at radius 3 is 2.38 bits per heavy atom. The molecule has 8 atom stereocenters. The zero-order valence-electron chi connectivity index (χ0n) is 18.8. The molecule has 0 aromatic carbocycles. The van der Waals surface area contributed by atoms with Crippen molar-refractivity contribution in [3.05, 3.63) is 11.6 Å². The van der Waals surface area contributed by atoms with Crippen molar-refractivity contribution in [2.75, 3.05) is 0 Å². The predicted molar refractivity (Wildman–Crippen MR) is 111 cm³/mol. The number of hydrogen-bond donors (Lipinski definition) is 0. The first-order chi connectivity index (χ1) is 13.5. The Balaban J connectivity index is 1.77. The molecule has 8 unspecified atom stereocenters. The maximum absolute atomic E-state index is 13.0. The second-order valence-electron chi connectivity index (χ2n) is 11.0. The highest BCUT2D eigenvalue weighted by Gasteiger charge is 2.70. The molecule has 29 heavy (non-hydrogen) atoms. The molecule has 0 aromatic heterocycles. The average Bonchev–Trinajstić information content (AvgIpc) is 2.85. The summed E-state index contributed by atoms with van der Waals surface area (Å²) in [6.07, 6.45) is 7.50. The van der Waals surface area contributed by atoms with Gasteiger partial charge in [-0.1, -0.05) is 33.3 Å². The summed E-state index contributed by atoms with van der Waals surface area (Å²) in [4.78, 5) is 37.2. The van der Waals surface area contributed by atoms with Crippen LogP contribution in [-0.4, -0.2) is 23.1 Å². The standard InChI is InChI=1S/C25H36O4/c1-14-11-19-20(23(5)9-7-18(28)13-21(14)23)8-10-24(6)22(19)12-15(2)25(24,16(3)26)29-17(4)27/h13-15,19-20,22H,7-12H2,1-6H3. The SMILES string of the molecule is CC(=O)OC1(C(C)=O)C(C)CC2C3CC(C)C4=CC(=O)CCC4(C)C3CCC21C. The van der Waals surface area contributed by atoms with E-state index in [9.17, 15) is 14.4 Å². The van der Waals surface area contributed by atoms with Crippen molar-refractivity contribution in [3.8, 4) is 0 Å². The molecule has 0 amide bonds. The molecule has 0 saturated heterocycles. The van der Waals surface area contributed by atoms with E-state index < -0.39 is 5.60 Å². The van der Waals surface area contributed by atoms with Gasteiger partial charge < -0.3 is 4.74 Å². The number of Topliss-reactive ketones (excluding diaryl/α,β-unsaturated/α-hetero) is 1. The number of carbonyl (C=O) groups excluding carboxylic acids is 3. The molecule has 0 radical (unpaired) electrons. The Morgan fingerprint density at radius 2 is 1.76 bits per heavy atom. The van der Waals surface area contributed by atoms with Crippen LogP contribution < -0.4 is 0 Å². The van der Waals surface area contributed by atoms with E-state index in [1.807, 2.05) is 6.08 Å². The number of ketones is 2. The summed E-state index contributed by atoms with van der Waals surface area (Å²) in [6, 6.07) is 0. The largest absolute Gasteiger partial charge is 0.450 e. The average molecular weight is 401 g/mol. The molecule has 0 aliphatic heterocycles. The molecule has 4 nitrogen and oxygen atoms in total. The summed E-state index contributed by atoms with van der Waals surface area (Å²) < 4.78 is 5.95. The number of ether oxygens (including phenoxy) is 1. The van der Waals surface area contributed by atoms with E-state index in [0.29, 0.717) is 30.1 Å². The van der Waals surface area contributed by atoms with E-state index >= 15 is 0 Å². The Kier molecular flexibility index (Phi) is 4.68. The van der Waals surface area contributed by atoms with Gasteiger partial charge in [0.2, 0.25) is 0 Å². The second kappa shape index (κ2) is 6.52. The van der Waals surface area contributed by atoms with Gasteiger partial charge in [-0.15, -0.1) is 0 Å². The quantitative estimate of drug-likeness (QED) is 0.619. The van der Waals surface area contributed by atoms with Crippen LogP contribution in [0.3, 0.4) is 0 Å². The van der Waals surface area contributed by atoms with Crippen molar-refractivity contribution in [1.29, 1.82) is 0 Å². The van der Waals surface area contributed by atoms with Crippen molar-refractivity contribution in [2.45, 2.75) is 85.7 Å². The summed E-state index contributed by atoms with van der Waals surface area (Å²) in [5, 5.41) is 0. The van der Waals surface area contributed by atoms with E-state index in [4.69, 9.17) is 4.74 Å². The second-order valence-corrected chi connectivity index (χ2v) is 11.0. The van der Waals surface area contributed by atoms with Gasteiger partial charge in [0.1, 0.15) is 0 Å². The third-order valence-corrected chi connectivity index (χ3v) is 9.65. The summed E-state index contributed by atoms with van der Waals surface area (Å²) in [6.45, 7) is 12.0. The van der Waals surface area contributed by atoms with Crippen LogP contribution in [-0.2, 0) is 19.1 Å². The van der Waals surface area contributed by atoms with Gasteiger partial charge in [0.25, 0.3) is 0 Å². The van der Waals surface area contributed by atoms with Crippen LogP contribution in [0.25, 0.3) is 0 Å². The van der Waals surface area contributed by atoms with Gasteiger partial charge in [-0.3, -0.25) is 14.4 Å². The summed E-state index contributed by atoms with van der Waals surface area (Å²) in [5.74, 6) is 1.79. The smallest absolute Gasteiger partial charge is 0.303 e. The predicted octanol–water partition coefficient (Wildman–Crippen LogP) is 4.90. The molecule has 4 aliphatic rings. The summed E-state index contributed by atoms with van der Waals surface area (Å²) in [7, 11) is 0. The number of hydrogen-bond acceptors (Lipinski definition) is 4. The first-order valence-electron chi connectivity index (χ1n) is 11.4. The molecule has 3 saturated carbocycles. The molecule has 0 heterocycles. The van der Waals surface area contributed by atoms with E-state index in [2.05, 4.69) is 27.7 Å². The van der Waals surface area contributed by atoms with Crippen molar-refractivity contribution in [1.82, 2.24) is 0 Å². The van der Waals surface area contributed by atoms with Gasteiger partial charge in [0.05, 0.1) is 0 Å². The lowest BCUT2D eigenvalue weighted by molar-refractivity contribution is -0.193. The fraction of sp³-hybridized carbons (Fsp3) is 0.800. The Hall–Kier alpha value is -1.45. The van der Waals surface area contributed by atoms with Crippen LogP contribution in [0.15, 0.2) is 11.6 Å². The minimum Gasteiger partial charge on any atom is -0.450 e. The van der Waals surface area contributed by atoms with Gasteiger partial charge in [-0.2, -0.15) is 0 Å². The van der Waals surface area contributed by atoms with Gasteiger partial charge in [0.15, 0.2) is 17.2 Å². The first kappa shape index (κ1) is 20.8. The topological polar surface area (TPSA) is 60.4 Å². The van der Waals surface area contributed by atoms with Crippen molar-refractivity contribution >= 4 is 17.5 Å². The first-order valence-corrected chi connectivity index (χ1v) is 11.4. The van der Waals surface area contributed by atoms with Gasteiger partial charge in [0, 0.05) is 24.7 Å². The number of esters is 1. The maximum Gasteiger partial charge on any atom is 0.303 e. The Labute approximate surface area is 174 Å². The monoisotopic (exact) mass is 400 g/mol. The van der Waals surface area contributed by atoms with E-state index in [-0.39, 0.29) is 34.3 Å². The van der Waals surface area contributed by atoms with Crippen molar-refractivity contribution < 1.29 is 19.1 Å². The molecular formula is C25H36O4. The Bertz CT molecular complexity index is 797. The fourth-order valence-electron chi connectivity index (χ4n) is 8.58. The lowest BCUT2D eigenvalue weighted by Crippen LogP contribution is -2.60. The highest BCUT2D eigenvalue weighted by molar-refractivity contribution is 5.92. The Morgan fingerprint density at radius 1 is 1.07 bits per heavy atom. The van der Waals surface area contributed by atoms with Crippen LogP contribution in [0.5, 0.6) is 0 Å². The fourth-order valence-corrected chi connectivity index (χ4v) is 8.58. The van der Waals surface area contributed by atoms with Crippen LogP contribution in [0, 0.1) is 40.4 Å². The molecule has 4 aliphatic carbocycles.